The number of likely N-dealkylation sites (N-methyl/N-ethyl adjacent to an activating group) is 1. The summed E-state index contributed by atoms with van der Waals surface area (Å²) in [5.41, 5.74) is 3.07. The van der Waals surface area contributed by atoms with E-state index >= 15 is 0 Å². The molecule has 4 nitrogen and oxygen atoms in total. The molecule has 0 spiro atoms. The quantitative estimate of drug-likeness (QED) is 0.535. The molecule has 1 N–H and O–H groups in total. The first-order valence-corrected chi connectivity index (χ1v) is 12.0. The summed E-state index contributed by atoms with van der Waals surface area (Å²) in [4.78, 5) is 4.69. The lowest BCUT2D eigenvalue weighted by Crippen LogP contribution is -2.51. The fourth-order valence-corrected chi connectivity index (χ4v) is 5.09. The molecule has 1 aliphatic heterocycles. The van der Waals surface area contributed by atoms with Crippen molar-refractivity contribution in [3.8, 4) is 6.07 Å². The van der Waals surface area contributed by atoms with E-state index in [9.17, 15) is 10.4 Å². The molecule has 4 heteroatoms. The van der Waals surface area contributed by atoms with E-state index < -0.39 is 6.10 Å². The van der Waals surface area contributed by atoms with Gasteiger partial charge in [-0.1, -0.05) is 54.6 Å². The number of likely N-dealkylation sites (tertiary alicyclic amines) is 1. The normalized spacial score (nSPS) is 18.0. The van der Waals surface area contributed by atoms with Gasteiger partial charge in [0.05, 0.1) is 17.7 Å². The van der Waals surface area contributed by atoms with Crippen molar-refractivity contribution in [1.29, 1.82) is 5.26 Å². The zero-order valence-corrected chi connectivity index (χ0v) is 20.0. The Morgan fingerprint density at radius 3 is 2.64 bits per heavy atom. The van der Waals surface area contributed by atoms with E-state index in [1.807, 2.05) is 18.2 Å². The largest absolute Gasteiger partial charge is 0.390 e. The van der Waals surface area contributed by atoms with Crippen LogP contribution in [0.2, 0.25) is 0 Å². The van der Waals surface area contributed by atoms with Crippen LogP contribution in [0, 0.1) is 11.3 Å². The lowest BCUT2D eigenvalue weighted by Gasteiger charge is -2.39. The van der Waals surface area contributed by atoms with Crippen molar-refractivity contribution in [3.63, 3.8) is 0 Å². The third kappa shape index (κ3) is 5.62. The monoisotopic (exact) mass is 441 g/mol. The highest BCUT2D eigenvalue weighted by atomic mass is 16.3. The van der Waals surface area contributed by atoms with Crippen LogP contribution in [0.15, 0.2) is 66.7 Å². The molecular formula is C29H35N3O. The summed E-state index contributed by atoms with van der Waals surface area (Å²) >= 11 is 0. The van der Waals surface area contributed by atoms with Gasteiger partial charge in [-0.3, -0.25) is 9.80 Å². The van der Waals surface area contributed by atoms with Crippen LogP contribution in [0.3, 0.4) is 0 Å². The number of fused-ring (bicyclic) bond motifs is 1. The Morgan fingerprint density at radius 2 is 1.85 bits per heavy atom. The maximum Gasteiger partial charge on any atom is 0.0991 e. The zero-order valence-electron chi connectivity index (χ0n) is 20.0. The van der Waals surface area contributed by atoms with Crippen molar-refractivity contribution in [2.45, 2.75) is 57.3 Å². The second kappa shape index (κ2) is 10.1. The zero-order chi connectivity index (χ0) is 23.4. The molecule has 172 valence electrons. The maximum atomic E-state index is 11.2. The van der Waals surface area contributed by atoms with E-state index in [-0.39, 0.29) is 11.6 Å². The van der Waals surface area contributed by atoms with Crippen LogP contribution in [0.5, 0.6) is 0 Å². The number of aliphatic hydroxyl groups is 1. The smallest absolute Gasteiger partial charge is 0.0991 e. The third-order valence-electron chi connectivity index (χ3n) is 7.25. The topological polar surface area (TPSA) is 50.5 Å². The molecule has 1 fully saturated rings. The highest BCUT2D eigenvalue weighted by Gasteiger charge is 2.34. The minimum atomic E-state index is -0.410. The fourth-order valence-electron chi connectivity index (χ4n) is 5.09. The van der Waals surface area contributed by atoms with Gasteiger partial charge in [-0.25, -0.2) is 0 Å². The van der Waals surface area contributed by atoms with Gasteiger partial charge in [-0.2, -0.15) is 5.26 Å². The molecule has 0 bridgehead atoms. The summed E-state index contributed by atoms with van der Waals surface area (Å²) in [7, 11) is 2.12. The number of nitrogens with zero attached hydrogens (tertiary/aromatic N) is 3. The molecule has 1 heterocycles. The van der Waals surface area contributed by atoms with Gasteiger partial charge in [0.15, 0.2) is 0 Å². The maximum absolute atomic E-state index is 11.2. The van der Waals surface area contributed by atoms with Crippen LogP contribution in [0.25, 0.3) is 10.8 Å². The van der Waals surface area contributed by atoms with Crippen LogP contribution in [-0.2, 0) is 13.0 Å². The number of hydrogen-bond acceptors (Lipinski definition) is 4. The van der Waals surface area contributed by atoms with Crippen LogP contribution in [-0.4, -0.2) is 52.7 Å². The van der Waals surface area contributed by atoms with E-state index in [1.54, 1.807) is 0 Å². The van der Waals surface area contributed by atoms with Gasteiger partial charge in [0.2, 0.25) is 0 Å². The summed E-state index contributed by atoms with van der Waals surface area (Å²) in [6, 6.07) is 25.4. The Kier molecular flexibility index (Phi) is 7.14. The van der Waals surface area contributed by atoms with Gasteiger partial charge in [0.25, 0.3) is 0 Å². The van der Waals surface area contributed by atoms with E-state index in [1.165, 1.54) is 16.3 Å². The van der Waals surface area contributed by atoms with Crippen molar-refractivity contribution in [1.82, 2.24) is 9.80 Å². The van der Waals surface area contributed by atoms with E-state index in [0.29, 0.717) is 12.1 Å². The minimum Gasteiger partial charge on any atom is -0.390 e. The van der Waals surface area contributed by atoms with E-state index in [0.717, 1.165) is 37.9 Å². The van der Waals surface area contributed by atoms with Gasteiger partial charge < -0.3 is 5.11 Å². The summed E-state index contributed by atoms with van der Waals surface area (Å²) in [6.45, 7) is 6.92. The predicted molar refractivity (Wildman–Crippen MR) is 135 cm³/mol. The van der Waals surface area contributed by atoms with Crippen molar-refractivity contribution in [2.24, 2.45) is 0 Å². The fraction of sp³-hybridized carbons (Fsp3) is 0.414. The lowest BCUT2D eigenvalue weighted by atomic mass is 9.91. The van der Waals surface area contributed by atoms with Gasteiger partial charge in [-0.15, -0.1) is 0 Å². The van der Waals surface area contributed by atoms with E-state index in [2.05, 4.69) is 85.3 Å². The van der Waals surface area contributed by atoms with Crippen molar-refractivity contribution in [3.05, 3.63) is 83.4 Å². The van der Waals surface area contributed by atoms with Gasteiger partial charge in [-0.05, 0) is 80.7 Å². The van der Waals surface area contributed by atoms with Gasteiger partial charge in [0, 0.05) is 24.7 Å². The molecule has 1 saturated heterocycles. The Bertz CT molecular complexity index is 1130. The van der Waals surface area contributed by atoms with Crippen LogP contribution >= 0.6 is 0 Å². The Balaban J connectivity index is 1.39. The van der Waals surface area contributed by atoms with Crippen molar-refractivity contribution >= 4 is 10.8 Å². The molecule has 3 aromatic carbocycles. The minimum absolute atomic E-state index is 0.0754. The van der Waals surface area contributed by atoms with Crippen molar-refractivity contribution < 1.29 is 5.11 Å². The van der Waals surface area contributed by atoms with Crippen LogP contribution < -0.4 is 0 Å². The highest BCUT2D eigenvalue weighted by molar-refractivity contribution is 5.83. The Morgan fingerprint density at radius 1 is 1.06 bits per heavy atom. The molecular weight excluding hydrogens is 406 g/mol. The number of rotatable bonds is 8. The SMILES string of the molecule is CN(C[C@@H](O)[C@H]1CCCN1Cc1cccc(C#N)c1)C(C)(C)Cc1ccc2ccccc2c1. The lowest BCUT2D eigenvalue weighted by molar-refractivity contribution is 0.0189. The Labute approximate surface area is 198 Å². The molecule has 0 saturated carbocycles. The van der Waals surface area contributed by atoms with Gasteiger partial charge in [0.1, 0.15) is 0 Å². The average molecular weight is 442 g/mol. The molecule has 2 atom stereocenters. The molecule has 0 amide bonds. The first kappa shape index (κ1) is 23.4. The first-order chi connectivity index (χ1) is 15.9. The van der Waals surface area contributed by atoms with Crippen molar-refractivity contribution in [2.75, 3.05) is 20.1 Å². The molecule has 0 aromatic heterocycles. The number of β-amino-alcohol motifs (C(OH)–C–C–N with tert-alkyl or cyclic N) is 1. The molecule has 0 radical (unpaired) electrons. The molecule has 0 unspecified atom stereocenters. The second-order valence-electron chi connectivity index (χ2n) is 10.1. The average Bonchev–Trinajstić information content (AvgIpc) is 3.27. The second-order valence-corrected chi connectivity index (χ2v) is 10.1. The Hall–Kier alpha value is -2.71. The highest BCUT2D eigenvalue weighted by Crippen LogP contribution is 2.27. The van der Waals surface area contributed by atoms with Crippen LogP contribution in [0.1, 0.15) is 43.4 Å². The number of nitriles is 1. The number of aliphatic hydroxyl groups excluding tert-OH is 1. The molecule has 4 rings (SSSR count). The first-order valence-electron chi connectivity index (χ1n) is 12.0. The summed E-state index contributed by atoms with van der Waals surface area (Å²) in [6.07, 6.45) is 2.63. The molecule has 3 aromatic rings. The molecule has 1 aliphatic rings. The predicted octanol–water partition coefficient (Wildman–Crippen LogP) is 4.99. The van der Waals surface area contributed by atoms with Crippen LogP contribution in [0.4, 0.5) is 0 Å². The summed E-state index contributed by atoms with van der Waals surface area (Å²) in [5.74, 6) is 0. The third-order valence-corrected chi connectivity index (χ3v) is 7.25. The standard InChI is InChI=1S/C29H35N3O/c1-29(2,18-22-13-14-25-10-4-5-11-26(25)17-22)31(3)21-28(33)27-12-7-15-32(27)20-24-9-6-8-23(16-24)19-30/h4-6,8-11,13-14,16-17,27-28,33H,7,12,15,18,20-21H2,1-3H3/t27-,28-/m1/s1. The molecule has 33 heavy (non-hydrogen) atoms. The summed E-state index contributed by atoms with van der Waals surface area (Å²) < 4.78 is 0. The van der Waals surface area contributed by atoms with E-state index in [4.69, 9.17) is 0 Å². The van der Waals surface area contributed by atoms with Gasteiger partial charge >= 0.3 is 0 Å². The number of hydrogen-bond donors (Lipinski definition) is 1. The summed E-state index contributed by atoms with van der Waals surface area (Å²) in [5, 5.41) is 22.9. The number of benzene rings is 3. The molecule has 0 aliphatic carbocycles.